The molecule has 0 amide bonds. The van der Waals surface area contributed by atoms with Gasteiger partial charge in [0.05, 0.1) is 6.04 Å². The van der Waals surface area contributed by atoms with Crippen molar-refractivity contribution in [2.24, 2.45) is 24.6 Å². The van der Waals surface area contributed by atoms with Crippen molar-refractivity contribution in [2.45, 2.75) is 45.1 Å². The maximum absolute atomic E-state index is 6.40. The van der Waals surface area contributed by atoms with Crippen LogP contribution in [0.4, 0.5) is 0 Å². The highest BCUT2D eigenvalue weighted by Gasteiger charge is 2.31. The molecule has 0 radical (unpaired) electrons. The highest BCUT2D eigenvalue weighted by molar-refractivity contribution is 5.01. The fourth-order valence-electron chi connectivity index (χ4n) is 3.11. The Bertz CT molecular complexity index is 332. The van der Waals surface area contributed by atoms with Gasteiger partial charge in [0.2, 0.25) is 0 Å². The van der Waals surface area contributed by atoms with Gasteiger partial charge in [-0.2, -0.15) is 0 Å². The first-order valence-electron chi connectivity index (χ1n) is 6.46. The molecule has 16 heavy (non-hydrogen) atoms. The minimum Gasteiger partial charge on any atom is -0.337 e. The summed E-state index contributed by atoms with van der Waals surface area (Å²) in [6.45, 7) is 2.29. The lowest BCUT2D eigenvalue weighted by Gasteiger charge is -2.34. The molecule has 0 bridgehead atoms. The minimum absolute atomic E-state index is 0.116. The molecular formula is C13H23N3. The molecule has 0 saturated heterocycles. The van der Waals surface area contributed by atoms with E-state index in [9.17, 15) is 0 Å². The fraction of sp³-hybridized carbons (Fsp3) is 0.769. The van der Waals surface area contributed by atoms with Crippen molar-refractivity contribution >= 4 is 0 Å². The first-order chi connectivity index (χ1) is 7.74. The molecule has 3 atom stereocenters. The number of nitrogens with zero attached hydrogens (tertiary/aromatic N) is 2. The lowest BCUT2D eigenvalue weighted by Crippen LogP contribution is -2.32. The van der Waals surface area contributed by atoms with Gasteiger partial charge in [-0.15, -0.1) is 0 Å². The molecule has 2 N–H and O–H groups in total. The lowest BCUT2D eigenvalue weighted by atomic mass is 9.74. The Labute approximate surface area is 98.1 Å². The predicted octanol–water partition coefficient (Wildman–Crippen LogP) is 2.64. The van der Waals surface area contributed by atoms with E-state index in [1.54, 1.807) is 0 Å². The first-order valence-corrected chi connectivity index (χ1v) is 6.46. The number of nitrogens with two attached hydrogens (primary N) is 1. The molecule has 0 aliphatic heterocycles. The Balaban J connectivity index is 2.13. The van der Waals surface area contributed by atoms with Crippen LogP contribution in [0.25, 0.3) is 0 Å². The van der Waals surface area contributed by atoms with Gasteiger partial charge < -0.3 is 10.3 Å². The van der Waals surface area contributed by atoms with Gasteiger partial charge in [0.1, 0.15) is 5.82 Å². The van der Waals surface area contributed by atoms with Gasteiger partial charge in [-0.25, -0.2) is 4.98 Å². The van der Waals surface area contributed by atoms with Crippen LogP contribution in [0.1, 0.15) is 50.9 Å². The van der Waals surface area contributed by atoms with Crippen LogP contribution < -0.4 is 5.73 Å². The number of hydrogen-bond donors (Lipinski definition) is 1. The maximum Gasteiger partial charge on any atom is 0.125 e. The quantitative estimate of drug-likeness (QED) is 0.852. The molecule has 1 aliphatic rings. The van der Waals surface area contributed by atoms with Crippen molar-refractivity contribution in [3.8, 4) is 0 Å². The van der Waals surface area contributed by atoms with Gasteiger partial charge in [0.15, 0.2) is 0 Å². The molecule has 1 aromatic rings. The smallest absolute Gasteiger partial charge is 0.125 e. The van der Waals surface area contributed by atoms with Crippen LogP contribution in [0.15, 0.2) is 12.4 Å². The van der Waals surface area contributed by atoms with Crippen LogP contribution in [0.3, 0.4) is 0 Å². The lowest BCUT2D eigenvalue weighted by molar-refractivity contribution is 0.191. The normalized spacial score (nSPS) is 27.9. The summed E-state index contributed by atoms with van der Waals surface area (Å²) >= 11 is 0. The van der Waals surface area contributed by atoms with E-state index in [0.717, 1.165) is 11.7 Å². The largest absolute Gasteiger partial charge is 0.337 e. The maximum atomic E-state index is 6.40. The van der Waals surface area contributed by atoms with Crippen molar-refractivity contribution in [1.82, 2.24) is 9.55 Å². The van der Waals surface area contributed by atoms with E-state index in [1.807, 2.05) is 19.4 Å². The van der Waals surface area contributed by atoms with Crippen molar-refractivity contribution in [2.75, 3.05) is 0 Å². The minimum atomic E-state index is 0.116. The molecule has 1 saturated carbocycles. The highest BCUT2D eigenvalue weighted by atomic mass is 15.1. The molecule has 0 spiro atoms. The summed E-state index contributed by atoms with van der Waals surface area (Å²) < 4.78 is 2.06. The van der Waals surface area contributed by atoms with Crippen LogP contribution in [0.2, 0.25) is 0 Å². The summed E-state index contributed by atoms with van der Waals surface area (Å²) in [6.07, 6.45) is 10.4. The van der Waals surface area contributed by atoms with Crippen LogP contribution in [-0.4, -0.2) is 9.55 Å². The zero-order chi connectivity index (χ0) is 11.5. The zero-order valence-electron chi connectivity index (χ0n) is 10.4. The molecule has 3 unspecified atom stereocenters. The molecule has 1 heterocycles. The Morgan fingerprint density at radius 3 is 2.88 bits per heavy atom. The molecule has 3 heteroatoms. The van der Waals surface area contributed by atoms with Crippen LogP contribution >= 0.6 is 0 Å². The van der Waals surface area contributed by atoms with Crippen molar-refractivity contribution in [3.05, 3.63) is 18.2 Å². The molecule has 1 fully saturated rings. The van der Waals surface area contributed by atoms with Crippen molar-refractivity contribution < 1.29 is 0 Å². The highest BCUT2D eigenvalue weighted by Crippen LogP contribution is 2.38. The number of rotatable bonds is 3. The number of imidazole rings is 1. The van der Waals surface area contributed by atoms with Gasteiger partial charge in [-0.3, -0.25) is 0 Å². The standard InChI is InChI=1S/C13H23N3/c1-3-10-6-4-5-7-11(10)12(14)13-15-8-9-16(13)2/h8-12H,3-7,14H2,1-2H3. The Morgan fingerprint density at radius 2 is 2.25 bits per heavy atom. The van der Waals surface area contributed by atoms with E-state index < -0.39 is 0 Å². The molecule has 0 aromatic carbocycles. The summed E-state index contributed by atoms with van der Waals surface area (Å²) in [5.41, 5.74) is 6.40. The monoisotopic (exact) mass is 221 g/mol. The summed E-state index contributed by atoms with van der Waals surface area (Å²) in [5, 5.41) is 0. The molecule has 1 aromatic heterocycles. The van der Waals surface area contributed by atoms with Gasteiger partial charge in [0.25, 0.3) is 0 Å². The third-order valence-electron chi connectivity index (χ3n) is 4.11. The summed E-state index contributed by atoms with van der Waals surface area (Å²) in [4.78, 5) is 4.40. The second-order valence-corrected chi connectivity index (χ2v) is 5.04. The van der Waals surface area contributed by atoms with Gasteiger partial charge in [-0.1, -0.05) is 32.6 Å². The molecule has 1 aliphatic carbocycles. The van der Waals surface area contributed by atoms with Gasteiger partial charge in [-0.05, 0) is 18.3 Å². The van der Waals surface area contributed by atoms with Crippen LogP contribution in [-0.2, 0) is 7.05 Å². The van der Waals surface area contributed by atoms with Crippen LogP contribution in [0, 0.1) is 11.8 Å². The van der Waals surface area contributed by atoms with E-state index in [0.29, 0.717) is 5.92 Å². The summed E-state index contributed by atoms with van der Waals surface area (Å²) in [7, 11) is 2.03. The second-order valence-electron chi connectivity index (χ2n) is 5.04. The first kappa shape index (κ1) is 11.6. The van der Waals surface area contributed by atoms with E-state index >= 15 is 0 Å². The van der Waals surface area contributed by atoms with Crippen LogP contribution in [0.5, 0.6) is 0 Å². The number of aromatic nitrogens is 2. The average molecular weight is 221 g/mol. The average Bonchev–Trinajstić information content (AvgIpc) is 2.74. The SMILES string of the molecule is CCC1CCCCC1C(N)c1nccn1C. The fourth-order valence-corrected chi connectivity index (χ4v) is 3.11. The third-order valence-corrected chi connectivity index (χ3v) is 4.11. The zero-order valence-corrected chi connectivity index (χ0v) is 10.4. The molecule has 2 rings (SSSR count). The Kier molecular flexibility index (Phi) is 3.64. The van der Waals surface area contributed by atoms with E-state index in [4.69, 9.17) is 5.73 Å². The van der Waals surface area contributed by atoms with Crippen molar-refractivity contribution in [3.63, 3.8) is 0 Å². The van der Waals surface area contributed by atoms with Gasteiger partial charge in [0, 0.05) is 19.4 Å². The van der Waals surface area contributed by atoms with Crippen molar-refractivity contribution in [1.29, 1.82) is 0 Å². The summed E-state index contributed by atoms with van der Waals surface area (Å²) in [5.74, 6) is 2.46. The van der Waals surface area contributed by atoms with E-state index in [-0.39, 0.29) is 6.04 Å². The second kappa shape index (κ2) is 5.00. The Morgan fingerprint density at radius 1 is 1.50 bits per heavy atom. The third kappa shape index (κ3) is 2.14. The topological polar surface area (TPSA) is 43.8 Å². The van der Waals surface area contributed by atoms with Gasteiger partial charge >= 0.3 is 0 Å². The van der Waals surface area contributed by atoms with E-state index in [2.05, 4.69) is 16.5 Å². The summed E-state index contributed by atoms with van der Waals surface area (Å²) in [6, 6.07) is 0.116. The molecule has 90 valence electrons. The number of aryl methyl sites for hydroxylation is 1. The molecule has 3 nitrogen and oxygen atoms in total. The Hall–Kier alpha value is -0.830. The van der Waals surface area contributed by atoms with E-state index in [1.165, 1.54) is 32.1 Å². The number of hydrogen-bond acceptors (Lipinski definition) is 2. The molecular weight excluding hydrogens is 198 g/mol. The predicted molar refractivity (Wildman–Crippen MR) is 65.9 cm³/mol.